The molecule has 22 heavy (non-hydrogen) atoms. The van der Waals surface area contributed by atoms with Gasteiger partial charge in [-0.25, -0.2) is 14.5 Å². The Hall–Kier alpha value is -2.12. The van der Waals surface area contributed by atoms with E-state index in [0.29, 0.717) is 17.7 Å². The predicted molar refractivity (Wildman–Crippen MR) is 75.8 cm³/mol. The molecule has 0 bridgehead atoms. The standard InChI is InChI=1S/C15H20O7/c1-3-4-9-18-10-11-19-15(17)21-22-20-14(16)13-8-6-5-7-12(13)2/h5-8H,3-4,9-11H2,1-2H3. The van der Waals surface area contributed by atoms with Crippen molar-refractivity contribution in [3.05, 3.63) is 35.4 Å². The lowest BCUT2D eigenvalue weighted by atomic mass is 10.1. The molecule has 1 aromatic rings. The summed E-state index contributed by atoms with van der Waals surface area (Å²) in [6, 6.07) is 6.76. The molecule has 0 heterocycles. The van der Waals surface area contributed by atoms with E-state index in [1.807, 2.05) is 6.92 Å². The molecule has 7 heteroatoms. The van der Waals surface area contributed by atoms with Crippen molar-refractivity contribution in [1.29, 1.82) is 0 Å². The molecular formula is C15H20O7. The van der Waals surface area contributed by atoms with Gasteiger partial charge in [-0.15, -0.1) is 0 Å². The fourth-order valence-corrected chi connectivity index (χ4v) is 1.48. The Labute approximate surface area is 128 Å². The molecule has 0 saturated heterocycles. The zero-order chi connectivity index (χ0) is 16.2. The number of carbonyl (C=O) groups is 2. The van der Waals surface area contributed by atoms with Crippen molar-refractivity contribution in [3.8, 4) is 0 Å². The van der Waals surface area contributed by atoms with Crippen LogP contribution in [-0.4, -0.2) is 31.9 Å². The van der Waals surface area contributed by atoms with E-state index in [0.717, 1.165) is 12.8 Å². The summed E-state index contributed by atoms with van der Waals surface area (Å²) in [4.78, 5) is 31.2. The van der Waals surface area contributed by atoms with E-state index in [4.69, 9.17) is 4.74 Å². The van der Waals surface area contributed by atoms with Crippen molar-refractivity contribution in [2.24, 2.45) is 0 Å². The van der Waals surface area contributed by atoms with Crippen LogP contribution >= 0.6 is 0 Å². The fourth-order valence-electron chi connectivity index (χ4n) is 1.48. The van der Waals surface area contributed by atoms with Crippen molar-refractivity contribution in [2.75, 3.05) is 19.8 Å². The third-order valence-corrected chi connectivity index (χ3v) is 2.67. The zero-order valence-electron chi connectivity index (χ0n) is 12.7. The highest BCUT2D eigenvalue weighted by Crippen LogP contribution is 2.08. The van der Waals surface area contributed by atoms with Crippen LogP contribution < -0.4 is 0 Å². The summed E-state index contributed by atoms with van der Waals surface area (Å²) in [5, 5.41) is 4.10. The van der Waals surface area contributed by atoms with Crippen LogP contribution in [0.15, 0.2) is 24.3 Å². The van der Waals surface area contributed by atoms with Crippen molar-refractivity contribution in [1.82, 2.24) is 0 Å². The first-order valence-electron chi connectivity index (χ1n) is 7.00. The van der Waals surface area contributed by atoms with E-state index in [2.05, 4.69) is 19.6 Å². The molecule has 1 aromatic carbocycles. The molecule has 0 spiro atoms. The lowest BCUT2D eigenvalue weighted by molar-refractivity contribution is -0.452. The quantitative estimate of drug-likeness (QED) is 0.300. The first kappa shape index (κ1) is 17.9. The van der Waals surface area contributed by atoms with Crippen LogP contribution in [-0.2, 0) is 24.3 Å². The van der Waals surface area contributed by atoms with E-state index in [-0.39, 0.29) is 13.2 Å². The number of unbranched alkanes of at least 4 members (excludes halogenated alkanes) is 1. The molecule has 0 N–H and O–H groups in total. The van der Waals surface area contributed by atoms with Gasteiger partial charge in [0.15, 0.2) is 0 Å². The van der Waals surface area contributed by atoms with E-state index in [1.165, 1.54) is 0 Å². The van der Waals surface area contributed by atoms with Gasteiger partial charge in [0.2, 0.25) is 0 Å². The highest BCUT2D eigenvalue weighted by atomic mass is 17.5. The molecule has 0 aliphatic carbocycles. The maximum absolute atomic E-state index is 11.6. The Bertz CT molecular complexity index is 473. The normalized spacial score (nSPS) is 10.1. The highest BCUT2D eigenvalue weighted by Gasteiger charge is 2.13. The molecule has 0 aromatic heterocycles. The van der Waals surface area contributed by atoms with Crippen LogP contribution in [0.2, 0.25) is 0 Å². The van der Waals surface area contributed by atoms with Gasteiger partial charge in [-0.05, 0) is 25.0 Å². The molecule has 0 aliphatic rings. The third-order valence-electron chi connectivity index (χ3n) is 2.67. The minimum Gasteiger partial charge on any atom is -0.430 e. The van der Waals surface area contributed by atoms with Crippen LogP contribution in [0.1, 0.15) is 35.7 Å². The van der Waals surface area contributed by atoms with Gasteiger partial charge in [0, 0.05) is 6.61 Å². The van der Waals surface area contributed by atoms with Gasteiger partial charge in [0.1, 0.15) is 6.61 Å². The summed E-state index contributed by atoms with van der Waals surface area (Å²) >= 11 is 0. The summed E-state index contributed by atoms with van der Waals surface area (Å²) in [6.07, 6.45) is 0.863. The van der Waals surface area contributed by atoms with Crippen LogP contribution in [0.25, 0.3) is 0 Å². The summed E-state index contributed by atoms with van der Waals surface area (Å²) < 4.78 is 9.81. The van der Waals surface area contributed by atoms with E-state index >= 15 is 0 Å². The maximum Gasteiger partial charge on any atom is 0.543 e. The average Bonchev–Trinajstić information content (AvgIpc) is 2.51. The van der Waals surface area contributed by atoms with E-state index in [9.17, 15) is 9.59 Å². The second-order valence-corrected chi connectivity index (χ2v) is 4.40. The van der Waals surface area contributed by atoms with Crippen LogP contribution in [0, 0.1) is 6.92 Å². The second-order valence-electron chi connectivity index (χ2n) is 4.40. The Balaban J connectivity index is 2.12. The van der Waals surface area contributed by atoms with Crippen LogP contribution in [0.5, 0.6) is 0 Å². The summed E-state index contributed by atoms with van der Waals surface area (Å²) in [7, 11) is 0. The van der Waals surface area contributed by atoms with Gasteiger partial charge in [0.05, 0.1) is 17.2 Å². The molecule has 0 unspecified atom stereocenters. The average molecular weight is 312 g/mol. The number of rotatable bonds is 9. The first-order chi connectivity index (χ1) is 10.6. The number of aryl methyl sites for hydroxylation is 1. The summed E-state index contributed by atoms with van der Waals surface area (Å²) in [5.41, 5.74) is 1.02. The SMILES string of the molecule is CCCCOCCOC(=O)OOOC(=O)c1ccccc1C. The molecule has 122 valence electrons. The predicted octanol–water partition coefficient (Wildman–Crippen LogP) is 2.97. The largest absolute Gasteiger partial charge is 0.543 e. The smallest absolute Gasteiger partial charge is 0.430 e. The van der Waals surface area contributed by atoms with Crippen LogP contribution in [0.3, 0.4) is 0 Å². The van der Waals surface area contributed by atoms with Gasteiger partial charge >= 0.3 is 12.1 Å². The highest BCUT2D eigenvalue weighted by molar-refractivity contribution is 5.90. The number of carbonyl (C=O) groups excluding carboxylic acids is 2. The monoisotopic (exact) mass is 312 g/mol. The Morgan fingerprint density at radius 1 is 1.05 bits per heavy atom. The molecule has 0 radical (unpaired) electrons. The Kier molecular flexibility index (Phi) is 8.63. The van der Waals surface area contributed by atoms with Gasteiger partial charge in [-0.2, -0.15) is 0 Å². The number of benzene rings is 1. The minimum absolute atomic E-state index is 0.0254. The van der Waals surface area contributed by atoms with Crippen molar-refractivity contribution >= 4 is 12.1 Å². The van der Waals surface area contributed by atoms with Crippen molar-refractivity contribution in [2.45, 2.75) is 26.7 Å². The number of hydrogen-bond donors (Lipinski definition) is 0. The topological polar surface area (TPSA) is 80.3 Å². The molecule has 1 rings (SSSR count). The van der Waals surface area contributed by atoms with Gasteiger partial charge in [-0.3, -0.25) is 4.89 Å². The summed E-state index contributed by atoms with van der Waals surface area (Å²) in [6.45, 7) is 4.69. The maximum atomic E-state index is 11.6. The molecule has 0 amide bonds. The van der Waals surface area contributed by atoms with Crippen molar-refractivity contribution < 1.29 is 33.9 Å². The lowest BCUT2D eigenvalue weighted by Crippen LogP contribution is -2.15. The molecule has 0 atom stereocenters. The molecule has 0 saturated carbocycles. The Morgan fingerprint density at radius 3 is 2.55 bits per heavy atom. The second kappa shape index (κ2) is 10.6. The van der Waals surface area contributed by atoms with Gasteiger partial charge in [0.25, 0.3) is 0 Å². The van der Waals surface area contributed by atoms with E-state index < -0.39 is 12.1 Å². The van der Waals surface area contributed by atoms with Gasteiger partial charge < -0.3 is 9.47 Å². The first-order valence-corrected chi connectivity index (χ1v) is 7.00. The third kappa shape index (κ3) is 7.05. The number of hydrogen-bond acceptors (Lipinski definition) is 7. The van der Waals surface area contributed by atoms with E-state index in [1.54, 1.807) is 31.2 Å². The summed E-state index contributed by atoms with van der Waals surface area (Å²) in [5.74, 6) is -0.770. The molecular weight excluding hydrogens is 292 g/mol. The molecule has 0 fully saturated rings. The number of ether oxygens (including phenoxy) is 2. The minimum atomic E-state index is -1.11. The molecule has 0 aliphatic heterocycles. The fraction of sp³-hybridized carbons (Fsp3) is 0.467. The lowest BCUT2D eigenvalue weighted by Gasteiger charge is -2.05. The van der Waals surface area contributed by atoms with Crippen molar-refractivity contribution in [3.63, 3.8) is 0 Å². The zero-order valence-corrected chi connectivity index (χ0v) is 12.7. The van der Waals surface area contributed by atoms with Gasteiger partial charge in [-0.1, -0.05) is 31.5 Å². The van der Waals surface area contributed by atoms with Crippen LogP contribution in [0.4, 0.5) is 4.79 Å². The Morgan fingerprint density at radius 2 is 1.82 bits per heavy atom. The molecule has 7 nitrogen and oxygen atoms in total.